The Morgan fingerprint density at radius 2 is 2.04 bits per heavy atom. The fraction of sp³-hybridized carbons (Fsp3) is 0.550. The second kappa shape index (κ2) is 8.83. The molecule has 0 unspecified atom stereocenters. The predicted octanol–water partition coefficient (Wildman–Crippen LogP) is 3.04. The Labute approximate surface area is 155 Å². The molecule has 0 atom stereocenters. The molecule has 0 aliphatic carbocycles. The standard InChI is InChI=1S/C20H28N4O2/c1-3-12-24-15-21-22-20(24)17-10-13-23(14-11-17)19(25)9-8-16-6-4-5-7-18(16)26-2/h4-7,15,17H,3,8-14H2,1-2H3. The van der Waals surface area contributed by atoms with Gasteiger partial charge in [-0.25, -0.2) is 0 Å². The van der Waals surface area contributed by atoms with E-state index in [1.165, 1.54) is 0 Å². The SMILES string of the molecule is CCCn1cnnc1C1CCN(C(=O)CCc2ccccc2OC)CC1. The number of para-hydroxylation sites is 1. The van der Waals surface area contributed by atoms with Crippen LogP contribution in [0, 0.1) is 0 Å². The van der Waals surface area contributed by atoms with Gasteiger partial charge < -0.3 is 14.2 Å². The van der Waals surface area contributed by atoms with E-state index in [1.54, 1.807) is 7.11 Å². The van der Waals surface area contributed by atoms with Gasteiger partial charge in [-0.15, -0.1) is 10.2 Å². The largest absolute Gasteiger partial charge is 0.496 e. The summed E-state index contributed by atoms with van der Waals surface area (Å²) >= 11 is 0. The van der Waals surface area contributed by atoms with Crippen molar-refractivity contribution in [3.63, 3.8) is 0 Å². The van der Waals surface area contributed by atoms with Gasteiger partial charge in [0.15, 0.2) is 0 Å². The van der Waals surface area contributed by atoms with Crippen molar-refractivity contribution in [1.29, 1.82) is 0 Å². The van der Waals surface area contributed by atoms with Gasteiger partial charge in [0.05, 0.1) is 7.11 Å². The summed E-state index contributed by atoms with van der Waals surface area (Å²) < 4.78 is 7.53. The summed E-state index contributed by atoms with van der Waals surface area (Å²) in [5.74, 6) is 2.56. The van der Waals surface area contributed by atoms with E-state index in [1.807, 2.05) is 35.5 Å². The number of hydrogen-bond acceptors (Lipinski definition) is 4. The molecule has 2 heterocycles. The van der Waals surface area contributed by atoms with Crippen molar-refractivity contribution in [3.8, 4) is 5.75 Å². The van der Waals surface area contributed by atoms with Crippen molar-refractivity contribution in [2.75, 3.05) is 20.2 Å². The van der Waals surface area contributed by atoms with Crippen molar-refractivity contribution in [2.24, 2.45) is 0 Å². The highest BCUT2D eigenvalue weighted by Crippen LogP contribution is 2.27. The molecule has 0 saturated carbocycles. The number of nitrogens with zero attached hydrogens (tertiary/aromatic N) is 4. The summed E-state index contributed by atoms with van der Waals surface area (Å²) in [6.45, 7) is 4.72. The Kier molecular flexibility index (Phi) is 6.26. The summed E-state index contributed by atoms with van der Waals surface area (Å²) in [4.78, 5) is 14.6. The lowest BCUT2D eigenvalue weighted by molar-refractivity contribution is -0.132. The number of methoxy groups -OCH3 is 1. The van der Waals surface area contributed by atoms with Crippen LogP contribution in [-0.4, -0.2) is 45.8 Å². The maximum absolute atomic E-state index is 12.6. The monoisotopic (exact) mass is 356 g/mol. The second-order valence-electron chi connectivity index (χ2n) is 6.85. The van der Waals surface area contributed by atoms with Crippen molar-refractivity contribution < 1.29 is 9.53 Å². The molecular weight excluding hydrogens is 328 g/mol. The van der Waals surface area contributed by atoms with Gasteiger partial charge in [0.25, 0.3) is 0 Å². The molecule has 0 N–H and O–H groups in total. The number of benzene rings is 1. The lowest BCUT2D eigenvalue weighted by Gasteiger charge is -2.31. The highest BCUT2D eigenvalue weighted by Gasteiger charge is 2.26. The third kappa shape index (κ3) is 4.23. The average Bonchev–Trinajstić information content (AvgIpc) is 3.15. The quantitative estimate of drug-likeness (QED) is 0.765. The normalized spacial score (nSPS) is 15.2. The molecule has 1 fully saturated rings. The molecule has 0 spiro atoms. The number of aryl methyl sites for hydroxylation is 2. The van der Waals surface area contributed by atoms with Crippen LogP contribution in [0.3, 0.4) is 0 Å². The zero-order valence-electron chi connectivity index (χ0n) is 15.7. The molecule has 2 aromatic rings. The first-order valence-corrected chi connectivity index (χ1v) is 9.50. The fourth-order valence-corrected chi connectivity index (χ4v) is 3.69. The topological polar surface area (TPSA) is 60.2 Å². The maximum atomic E-state index is 12.6. The van der Waals surface area contributed by atoms with Crippen molar-refractivity contribution in [3.05, 3.63) is 42.0 Å². The molecule has 140 valence electrons. The fourth-order valence-electron chi connectivity index (χ4n) is 3.69. The summed E-state index contributed by atoms with van der Waals surface area (Å²) in [5, 5.41) is 8.39. The molecule has 0 bridgehead atoms. The molecule has 1 aromatic carbocycles. The second-order valence-corrected chi connectivity index (χ2v) is 6.85. The number of piperidine rings is 1. The number of rotatable bonds is 7. The minimum absolute atomic E-state index is 0.226. The minimum atomic E-state index is 0.226. The van der Waals surface area contributed by atoms with E-state index >= 15 is 0 Å². The molecule has 1 aromatic heterocycles. The Hall–Kier alpha value is -2.37. The molecule has 6 heteroatoms. The van der Waals surface area contributed by atoms with Crippen LogP contribution in [0.15, 0.2) is 30.6 Å². The zero-order chi connectivity index (χ0) is 18.4. The van der Waals surface area contributed by atoms with Gasteiger partial charge in [-0.2, -0.15) is 0 Å². The van der Waals surface area contributed by atoms with Crippen LogP contribution in [0.25, 0.3) is 0 Å². The predicted molar refractivity (Wildman–Crippen MR) is 100 cm³/mol. The van der Waals surface area contributed by atoms with Crippen LogP contribution in [0.2, 0.25) is 0 Å². The van der Waals surface area contributed by atoms with Crippen molar-refractivity contribution in [2.45, 2.75) is 51.5 Å². The van der Waals surface area contributed by atoms with E-state index in [0.717, 1.165) is 56.0 Å². The van der Waals surface area contributed by atoms with Gasteiger partial charge in [0.2, 0.25) is 5.91 Å². The van der Waals surface area contributed by atoms with Crippen LogP contribution < -0.4 is 4.74 Å². The minimum Gasteiger partial charge on any atom is -0.496 e. The van der Waals surface area contributed by atoms with Gasteiger partial charge in [-0.3, -0.25) is 4.79 Å². The third-order valence-electron chi connectivity index (χ3n) is 5.12. The van der Waals surface area contributed by atoms with Crippen LogP contribution in [0.4, 0.5) is 0 Å². The number of ether oxygens (including phenoxy) is 1. The average molecular weight is 356 g/mol. The summed E-state index contributed by atoms with van der Waals surface area (Å²) in [7, 11) is 1.67. The smallest absolute Gasteiger partial charge is 0.222 e. The number of aromatic nitrogens is 3. The van der Waals surface area contributed by atoms with E-state index in [-0.39, 0.29) is 5.91 Å². The Balaban J connectivity index is 1.51. The van der Waals surface area contributed by atoms with Crippen LogP contribution in [-0.2, 0) is 17.8 Å². The van der Waals surface area contributed by atoms with Crippen molar-refractivity contribution >= 4 is 5.91 Å². The highest BCUT2D eigenvalue weighted by atomic mass is 16.5. The molecule has 6 nitrogen and oxygen atoms in total. The molecule has 1 aliphatic rings. The van der Waals surface area contributed by atoms with E-state index in [4.69, 9.17) is 4.74 Å². The Morgan fingerprint density at radius 3 is 2.77 bits per heavy atom. The molecule has 0 radical (unpaired) electrons. The molecular formula is C20H28N4O2. The van der Waals surface area contributed by atoms with Gasteiger partial charge >= 0.3 is 0 Å². The van der Waals surface area contributed by atoms with E-state index in [2.05, 4.69) is 21.7 Å². The maximum Gasteiger partial charge on any atom is 0.222 e. The number of carbonyl (C=O) groups is 1. The van der Waals surface area contributed by atoms with E-state index in [0.29, 0.717) is 18.8 Å². The third-order valence-corrected chi connectivity index (χ3v) is 5.12. The first-order chi connectivity index (χ1) is 12.7. The molecule has 1 saturated heterocycles. The van der Waals surface area contributed by atoms with Crippen molar-refractivity contribution in [1.82, 2.24) is 19.7 Å². The number of carbonyl (C=O) groups excluding carboxylic acids is 1. The molecule has 1 amide bonds. The van der Waals surface area contributed by atoms with Gasteiger partial charge in [-0.1, -0.05) is 25.1 Å². The summed E-state index contributed by atoms with van der Waals surface area (Å²) in [6.07, 6.45) is 6.06. The number of amides is 1. The highest BCUT2D eigenvalue weighted by molar-refractivity contribution is 5.76. The first-order valence-electron chi connectivity index (χ1n) is 9.50. The molecule has 3 rings (SSSR count). The Bertz CT molecular complexity index is 720. The number of likely N-dealkylation sites (tertiary alicyclic amines) is 1. The number of hydrogen-bond donors (Lipinski definition) is 0. The first kappa shape index (κ1) is 18.4. The van der Waals surface area contributed by atoms with Crippen LogP contribution in [0.5, 0.6) is 5.75 Å². The van der Waals surface area contributed by atoms with Gasteiger partial charge in [0.1, 0.15) is 17.9 Å². The summed E-state index contributed by atoms with van der Waals surface area (Å²) in [6, 6.07) is 7.91. The lowest BCUT2D eigenvalue weighted by Crippen LogP contribution is -2.38. The van der Waals surface area contributed by atoms with Crippen LogP contribution in [0.1, 0.15) is 49.9 Å². The summed E-state index contributed by atoms with van der Waals surface area (Å²) in [5.41, 5.74) is 1.09. The molecule has 26 heavy (non-hydrogen) atoms. The van der Waals surface area contributed by atoms with Gasteiger partial charge in [-0.05, 0) is 37.3 Å². The zero-order valence-corrected chi connectivity index (χ0v) is 15.7. The van der Waals surface area contributed by atoms with Gasteiger partial charge in [0, 0.05) is 32.0 Å². The van der Waals surface area contributed by atoms with E-state index in [9.17, 15) is 4.79 Å². The van der Waals surface area contributed by atoms with Crippen LogP contribution >= 0.6 is 0 Å². The van der Waals surface area contributed by atoms with E-state index < -0.39 is 0 Å². The molecule has 1 aliphatic heterocycles. The Morgan fingerprint density at radius 1 is 1.27 bits per heavy atom. The lowest BCUT2D eigenvalue weighted by atomic mass is 9.95.